The second kappa shape index (κ2) is 11.8. The van der Waals surface area contributed by atoms with Gasteiger partial charge in [0.25, 0.3) is 0 Å². The van der Waals surface area contributed by atoms with Crippen molar-refractivity contribution in [2.24, 2.45) is 0 Å². The van der Waals surface area contributed by atoms with E-state index in [4.69, 9.17) is 9.84 Å². The Hall–Kier alpha value is -2.67. The number of hydrogen-bond acceptors (Lipinski definition) is 4. The summed E-state index contributed by atoms with van der Waals surface area (Å²) in [4.78, 5) is 25.6. The van der Waals surface area contributed by atoms with Crippen LogP contribution in [0.4, 0.5) is 0 Å². The Morgan fingerprint density at radius 3 is 2.50 bits per heavy atom. The van der Waals surface area contributed by atoms with E-state index < -0.39 is 27.4 Å². The first-order valence-electron chi connectivity index (χ1n) is 11.3. The molecule has 172 valence electrons. The fourth-order valence-corrected chi connectivity index (χ4v) is 5.86. The minimum absolute atomic E-state index is 0.0607. The van der Waals surface area contributed by atoms with E-state index in [1.807, 2.05) is 54.6 Å². The lowest BCUT2D eigenvalue weighted by Crippen LogP contribution is -2.32. The molecule has 0 radical (unpaired) electrons. The van der Waals surface area contributed by atoms with E-state index in [0.29, 0.717) is 43.7 Å². The zero-order chi connectivity index (χ0) is 22.9. The summed E-state index contributed by atoms with van der Waals surface area (Å²) < 4.78 is 19.4. The number of carbonyl (C=O) groups is 2. The first-order valence-corrected chi connectivity index (χ1v) is 12.5. The van der Waals surface area contributed by atoms with Gasteiger partial charge in [0.05, 0.1) is 10.8 Å². The standard InChI is InChI=1S/C25H31NO5S/c1-2-3-15-22-24(29)26(17-9-5-8-16-23(27)28)25(32(22)30)19-11-10-14-21(18-19)31-20-12-6-4-7-13-20/h4,6-7,10-14,18,22,25H,2-3,5,8-9,15-17H2,1H3,(H,27,28). The lowest BCUT2D eigenvalue weighted by molar-refractivity contribution is -0.137. The van der Waals surface area contributed by atoms with E-state index in [-0.39, 0.29) is 12.3 Å². The van der Waals surface area contributed by atoms with E-state index in [1.54, 1.807) is 4.90 Å². The third kappa shape index (κ3) is 6.19. The normalized spacial score (nSPS) is 20.5. The molecule has 6 nitrogen and oxygen atoms in total. The van der Waals surface area contributed by atoms with Gasteiger partial charge in [-0.2, -0.15) is 0 Å². The van der Waals surface area contributed by atoms with Crippen molar-refractivity contribution in [3.63, 3.8) is 0 Å². The average molecular weight is 458 g/mol. The summed E-state index contributed by atoms with van der Waals surface area (Å²) >= 11 is 0. The van der Waals surface area contributed by atoms with Crippen LogP contribution in [-0.2, 0) is 20.4 Å². The number of benzene rings is 2. The number of carboxylic acid groups (broad SMARTS) is 1. The number of hydrogen-bond donors (Lipinski definition) is 1. The van der Waals surface area contributed by atoms with Gasteiger partial charge >= 0.3 is 5.97 Å². The highest BCUT2D eigenvalue weighted by Gasteiger charge is 2.46. The molecule has 0 saturated carbocycles. The number of unbranched alkanes of at least 4 members (excludes halogenated alkanes) is 3. The predicted molar refractivity (Wildman–Crippen MR) is 125 cm³/mol. The van der Waals surface area contributed by atoms with Crippen LogP contribution in [-0.4, -0.2) is 37.9 Å². The fourth-order valence-electron chi connectivity index (χ4n) is 3.94. The number of rotatable bonds is 12. The molecular formula is C25H31NO5S. The van der Waals surface area contributed by atoms with Crippen LogP contribution in [0.15, 0.2) is 54.6 Å². The van der Waals surface area contributed by atoms with Crippen LogP contribution in [0.1, 0.15) is 62.8 Å². The highest BCUT2D eigenvalue weighted by molar-refractivity contribution is 7.87. The lowest BCUT2D eigenvalue weighted by Gasteiger charge is -2.24. The Kier molecular flexibility index (Phi) is 8.85. The second-order valence-corrected chi connectivity index (χ2v) is 9.71. The Bertz CT molecular complexity index is 933. The van der Waals surface area contributed by atoms with Crippen molar-refractivity contribution in [3.05, 3.63) is 60.2 Å². The molecule has 1 N–H and O–H groups in total. The first-order chi connectivity index (χ1) is 15.5. The van der Waals surface area contributed by atoms with Crippen LogP contribution in [0.5, 0.6) is 11.5 Å². The van der Waals surface area contributed by atoms with Gasteiger partial charge in [-0.25, -0.2) is 0 Å². The van der Waals surface area contributed by atoms with Crippen molar-refractivity contribution in [1.29, 1.82) is 0 Å². The average Bonchev–Trinajstić information content (AvgIpc) is 3.02. The number of carbonyl (C=O) groups excluding carboxylic acids is 1. The fraction of sp³-hybridized carbons (Fsp3) is 0.440. The number of carboxylic acids is 1. The minimum atomic E-state index is -1.35. The molecule has 1 aliphatic rings. The summed E-state index contributed by atoms with van der Waals surface area (Å²) in [5.74, 6) is 0.478. The van der Waals surface area contributed by atoms with E-state index in [1.165, 1.54) is 0 Å². The Labute approximate surface area is 192 Å². The highest BCUT2D eigenvalue weighted by Crippen LogP contribution is 2.38. The zero-order valence-corrected chi connectivity index (χ0v) is 19.3. The second-order valence-electron chi connectivity index (χ2n) is 8.04. The van der Waals surface area contributed by atoms with Crippen molar-refractivity contribution in [2.45, 2.75) is 62.5 Å². The number of amides is 1. The van der Waals surface area contributed by atoms with Crippen LogP contribution < -0.4 is 4.74 Å². The summed E-state index contributed by atoms with van der Waals surface area (Å²) in [6, 6.07) is 16.9. The van der Waals surface area contributed by atoms with E-state index in [0.717, 1.165) is 18.4 Å². The van der Waals surface area contributed by atoms with Gasteiger partial charge in [-0.1, -0.05) is 56.5 Å². The molecular weight excluding hydrogens is 426 g/mol. The molecule has 0 aromatic heterocycles. The molecule has 1 amide bonds. The molecule has 3 atom stereocenters. The quantitative estimate of drug-likeness (QED) is 0.439. The first kappa shape index (κ1) is 24.0. The summed E-state index contributed by atoms with van der Waals surface area (Å²) in [5, 5.41) is 7.82. The smallest absolute Gasteiger partial charge is 0.303 e. The van der Waals surface area contributed by atoms with Crippen LogP contribution in [0.2, 0.25) is 0 Å². The summed E-state index contributed by atoms with van der Waals surface area (Å²) in [6.07, 6.45) is 4.53. The summed E-state index contributed by atoms with van der Waals surface area (Å²) in [7, 11) is -1.35. The monoisotopic (exact) mass is 457 g/mol. The molecule has 7 heteroatoms. The predicted octanol–water partition coefficient (Wildman–Crippen LogP) is 5.27. The zero-order valence-electron chi connectivity index (χ0n) is 18.4. The summed E-state index contributed by atoms with van der Waals surface area (Å²) in [5.41, 5.74) is 0.801. The lowest BCUT2D eigenvalue weighted by atomic mass is 10.1. The largest absolute Gasteiger partial charge is 0.481 e. The third-order valence-corrected chi connectivity index (χ3v) is 7.54. The van der Waals surface area contributed by atoms with Gasteiger partial charge in [0, 0.05) is 13.0 Å². The van der Waals surface area contributed by atoms with Crippen LogP contribution in [0.25, 0.3) is 0 Å². The van der Waals surface area contributed by atoms with Gasteiger partial charge in [0.2, 0.25) is 5.91 Å². The molecule has 1 fully saturated rings. The Morgan fingerprint density at radius 2 is 1.78 bits per heavy atom. The maximum atomic E-state index is 13.4. The van der Waals surface area contributed by atoms with Crippen molar-refractivity contribution in [1.82, 2.24) is 4.90 Å². The van der Waals surface area contributed by atoms with Crippen LogP contribution >= 0.6 is 0 Å². The molecule has 2 aromatic rings. The Balaban J connectivity index is 1.78. The molecule has 1 saturated heterocycles. The maximum absolute atomic E-state index is 13.4. The van der Waals surface area contributed by atoms with Gasteiger partial charge in [-0.15, -0.1) is 0 Å². The van der Waals surface area contributed by atoms with Crippen LogP contribution in [0, 0.1) is 0 Å². The van der Waals surface area contributed by atoms with Gasteiger partial charge < -0.3 is 14.7 Å². The van der Waals surface area contributed by atoms with E-state index >= 15 is 0 Å². The van der Waals surface area contributed by atoms with Crippen LogP contribution in [0.3, 0.4) is 0 Å². The van der Waals surface area contributed by atoms with Crippen molar-refractivity contribution in [3.8, 4) is 11.5 Å². The molecule has 1 aliphatic heterocycles. The van der Waals surface area contributed by atoms with E-state index in [2.05, 4.69) is 6.92 Å². The van der Waals surface area contributed by atoms with Crippen molar-refractivity contribution >= 4 is 22.7 Å². The number of aliphatic carboxylic acids is 1. The Morgan fingerprint density at radius 1 is 1.03 bits per heavy atom. The molecule has 3 rings (SSSR count). The number of nitrogens with zero attached hydrogens (tertiary/aromatic N) is 1. The van der Waals surface area contributed by atoms with Gasteiger partial charge in [-0.05, 0) is 49.1 Å². The maximum Gasteiger partial charge on any atom is 0.303 e. The molecule has 1 heterocycles. The molecule has 0 spiro atoms. The van der Waals surface area contributed by atoms with E-state index in [9.17, 15) is 13.8 Å². The summed E-state index contributed by atoms with van der Waals surface area (Å²) in [6.45, 7) is 2.53. The third-order valence-electron chi connectivity index (χ3n) is 5.57. The molecule has 0 bridgehead atoms. The highest BCUT2D eigenvalue weighted by atomic mass is 32.2. The molecule has 3 unspecified atom stereocenters. The molecule has 32 heavy (non-hydrogen) atoms. The number of para-hydroxylation sites is 1. The van der Waals surface area contributed by atoms with Gasteiger partial charge in [0.1, 0.15) is 22.1 Å². The SMILES string of the molecule is CCCCC1C(=O)N(CCCCCC(=O)O)C(c2cccc(Oc3ccccc3)c2)S1=O. The minimum Gasteiger partial charge on any atom is -0.481 e. The molecule has 0 aliphatic carbocycles. The van der Waals surface area contributed by atoms with Crippen molar-refractivity contribution < 1.29 is 23.6 Å². The number of ether oxygens (including phenoxy) is 1. The van der Waals surface area contributed by atoms with Gasteiger partial charge in [0.15, 0.2) is 0 Å². The molecule has 2 aromatic carbocycles. The topological polar surface area (TPSA) is 83.9 Å². The van der Waals surface area contributed by atoms with Gasteiger partial charge in [-0.3, -0.25) is 13.8 Å². The van der Waals surface area contributed by atoms with Crippen molar-refractivity contribution in [2.75, 3.05) is 6.54 Å².